The minimum Gasteiger partial charge on any atom is -0.490 e. The highest BCUT2D eigenvalue weighted by molar-refractivity contribution is 5.97. The molecule has 9 atom stereocenters. The number of carbonyl (C=O) groups excluding carboxylic acids is 2. The molecule has 6 N–H and O–H groups in total. The molecule has 2 fully saturated rings. The van der Waals surface area contributed by atoms with E-state index in [1.807, 2.05) is 0 Å². The molecule has 13 heteroatoms. The van der Waals surface area contributed by atoms with Crippen LogP contribution in [-0.4, -0.2) is 101 Å². The maximum absolute atomic E-state index is 13.1. The van der Waals surface area contributed by atoms with Crippen LogP contribution < -0.4 is 14.8 Å². The van der Waals surface area contributed by atoms with Crippen molar-refractivity contribution in [2.24, 2.45) is 11.8 Å². The second kappa shape index (κ2) is 11.5. The molecule has 2 saturated heterocycles. The van der Waals surface area contributed by atoms with Crippen LogP contribution in [-0.2, 0) is 25.5 Å². The molecule has 0 saturated carbocycles. The van der Waals surface area contributed by atoms with E-state index in [2.05, 4.69) is 5.32 Å². The van der Waals surface area contributed by atoms with Crippen molar-refractivity contribution in [3.8, 4) is 11.5 Å². The van der Waals surface area contributed by atoms with Crippen molar-refractivity contribution in [2.45, 2.75) is 81.1 Å². The van der Waals surface area contributed by atoms with Crippen LogP contribution in [0.1, 0.15) is 61.1 Å². The maximum Gasteiger partial charge on any atom is 0.309 e. The van der Waals surface area contributed by atoms with E-state index in [0.717, 1.165) is 16.5 Å². The van der Waals surface area contributed by atoms with E-state index in [1.165, 1.54) is 7.11 Å². The lowest BCUT2D eigenvalue weighted by molar-refractivity contribution is -0.322. The van der Waals surface area contributed by atoms with Crippen LogP contribution in [0.25, 0.3) is 11.0 Å². The van der Waals surface area contributed by atoms with Crippen LogP contribution in [0.15, 0.2) is 10.7 Å². The molecule has 1 amide bonds. The molecule has 2 aliphatic heterocycles. The van der Waals surface area contributed by atoms with Gasteiger partial charge in [-0.15, -0.1) is 0 Å². The number of aliphatic hydroxyl groups excluding tert-OH is 4. The average molecular weight is 606 g/mol. The third-order valence-corrected chi connectivity index (χ3v) is 9.67. The first-order valence-electron chi connectivity index (χ1n) is 14.9. The van der Waals surface area contributed by atoms with Crippen molar-refractivity contribution < 1.29 is 58.5 Å². The largest absolute Gasteiger partial charge is 0.490 e. The number of carbonyl (C=O) groups is 2. The van der Waals surface area contributed by atoms with Crippen molar-refractivity contribution in [3.05, 3.63) is 23.0 Å². The van der Waals surface area contributed by atoms with Crippen LogP contribution in [0.2, 0.25) is 0 Å². The van der Waals surface area contributed by atoms with Crippen LogP contribution in [0.3, 0.4) is 0 Å². The zero-order valence-electron chi connectivity index (χ0n) is 24.2. The zero-order valence-corrected chi connectivity index (χ0v) is 24.2. The number of hydrogen-bond acceptors (Lipinski definition) is 12. The standard InChI is InChI=1S/C30H39NO12/c1-3-40-28(37)14-7-13-8-15-17(10-31-27(15)36)18-12-41-24-21(18)20(13)16(9-14)23(25(24)39-2)43-29-30(38,5-4-6-32)26(35)22(34)19(11-33)42-29/h12-15,17,19,22,26,29,32-35,38H,3-11H2,1-2H3,(H,31,36). The molecule has 3 heterocycles. The number of furan rings is 1. The predicted molar refractivity (Wildman–Crippen MR) is 147 cm³/mol. The molecule has 0 spiro atoms. The van der Waals surface area contributed by atoms with Gasteiger partial charge in [0.2, 0.25) is 17.9 Å². The second-order valence-corrected chi connectivity index (χ2v) is 12.0. The van der Waals surface area contributed by atoms with Gasteiger partial charge in [-0.1, -0.05) is 0 Å². The number of esters is 1. The van der Waals surface area contributed by atoms with Gasteiger partial charge >= 0.3 is 5.97 Å². The number of benzene rings is 1. The third kappa shape index (κ3) is 4.68. The van der Waals surface area contributed by atoms with Gasteiger partial charge in [0.05, 0.1) is 32.5 Å². The van der Waals surface area contributed by atoms with Gasteiger partial charge in [0.1, 0.15) is 18.3 Å². The number of amides is 1. The smallest absolute Gasteiger partial charge is 0.309 e. The molecule has 2 aromatic rings. The van der Waals surface area contributed by atoms with E-state index < -0.39 is 42.7 Å². The molecule has 9 unspecified atom stereocenters. The Hall–Kier alpha value is -2.94. The first-order chi connectivity index (χ1) is 20.7. The fourth-order valence-corrected chi connectivity index (χ4v) is 7.59. The predicted octanol–water partition coefficient (Wildman–Crippen LogP) is 0.205. The van der Waals surface area contributed by atoms with E-state index in [4.69, 9.17) is 23.4 Å². The number of hydrogen-bond donors (Lipinski definition) is 6. The fourth-order valence-electron chi connectivity index (χ4n) is 7.59. The van der Waals surface area contributed by atoms with E-state index in [-0.39, 0.29) is 73.6 Å². The molecule has 4 aliphatic rings. The molecule has 1 aromatic carbocycles. The highest BCUT2D eigenvalue weighted by Crippen LogP contribution is 2.57. The van der Waals surface area contributed by atoms with Gasteiger partial charge in [0.25, 0.3) is 0 Å². The zero-order chi connectivity index (χ0) is 30.6. The summed E-state index contributed by atoms with van der Waals surface area (Å²) in [7, 11) is 1.43. The summed E-state index contributed by atoms with van der Waals surface area (Å²) in [6.45, 7) is 1.42. The van der Waals surface area contributed by atoms with Gasteiger partial charge in [0, 0.05) is 41.5 Å². The number of fused-ring (bicyclic) bond motifs is 2. The Kier molecular flexibility index (Phi) is 8.07. The van der Waals surface area contributed by atoms with E-state index in [0.29, 0.717) is 30.5 Å². The van der Waals surface area contributed by atoms with Gasteiger partial charge in [-0.25, -0.2) is 0 Å². The molecule has 43 heavy (non-hydrogen) atoms. The molecular weight excluding hydrogens is 566 g/mol. The number of rotatable bonds is 9. The summed E-state index contributed by atoms with van der Waals surface area (Å²) in [5.41, 5.74) is 0.526. The topological polar surface area (TPSA) is 197 Å². The highest BCUT2D eigenvalue weighted by Gasteiger charge is 2.56. The van der Waals surface area contributed by atoms with Gasteiger partial charge in [-0.2, -0.15) is 0 Å². The Balaban J connectivity index is 1.54. The SMILES string of the molecule is CCOC(=O)C1Cc2c(OC3OC(CO)C(O)C(O)C3(O)CCCO)c(OC)c3occ4c3c2C(C1)CC1C(=O)NCC41. The summed E-state index contributed by atoms with van der Waals surface area (Å²) in [6.07, 6.45) is -3.67. The number of aliphatic hydroxyl groups is 5. The van der Waals surface area contributed by atoms with Crippen LogP contribution in [0, 0.1) is 11.8 Å². The Labute approximate surface area is 247 Å². The van der Waals surface area contributed by atoms with Crippen molar-refractivity contribution in [3.63, 3.8) is 0 Å². The number of ether oxygens (including phenoxy) is 4. The summed E-state index contributed by atoms with van der Waals surface area (Å²) in [5, 5.41) is 56.4. The van der Waals surface area contributed by atoms with E-state index in [1.54, 1.807) is 13.2 Å². The molecule has 0 bridgehead atoms. The lowest BCUT2D eigenvalue weighted by atomic mass is 9.72. The van der Waals surface area contributed by atoms with Crippen molar-refractivity contribution in [1.82, 2.24) is 5.32 Å². The lowest BCUT2D eigenvalue weighted by Crippen LogP contribution is -2.68. The quantitative estimate of drug-likeness (QED) is 0.213. The number of nitrogens with one attached hydrogen (secondary N) is 1. The molecule has 6 rings (SSSR count). The van der Waals surface area contributed by atoms with E-state index >= 15 is 0 Å². The van der Waals surface area contributed by atoms with Gasteiger partial charge in [0.15, 0.2) is 16.9 Å². The summed E-state index contributed by atoms with van der Waals surface area (Å²) in [6, 6.07) is 0. The first kappa shape index (κ1) is 30.1. The molecule has 1 aromatic heterocycles. The molecule has 13 nitrogen and oxygen atoms in total. The Morgan fingerprint density at radius 3 is 2.67 bits per heavy atom. The number of methoxy groups -OCH3 is 1. The van der Waals surface area contributed by atoms with Gasteiger partial charge < -0.3 is 54.2 Å². The normalized spacial score (nSPS) is 34.8. The average Bonchev–Trinajstić information content (AvgIpc) is 3.55. The van der Waals surface area contributed by atoms with Crippen molar-refractivity contribution >= 4 is 22.8 Å². The van der Waals surface area contributed by atoms with Crippen LogP contribution in [0.4, 0.5) is 0 Å². The minimum atomic E-state index is -2.19. The van der Waals surface area contributed by atoms with Crippen molar-refractivity contribution in [2.75, 3.05) is 33.5 Å². The van der Waals surface area contributed by atoms with Gasteiger partial charge in [-0.05, 0) is 50.5 Å². The Morgan fingerprint density at radius 2 is 1.98 bits per heavy atom. The summed E-state index contributed by atoms with van der Waals surface area (Å²) in [4.78, 5) is 26.1. The highest BCUT2D eigenvalue weighted by atomic mass is 16.7. The molecule has 0 radical (unpaired) electrons. The fraction of sp³-hybridized carbons (Fsp3) is 0.667. The van der Waals surface area contributed by atoms with Crippen molar-refractivity contribution in [1.29, 1.82) is 0 Å². The summed E-state index contributed by atoms with van der Waals surface area (Å²) in [5.74, 6) is -1.39. The summed E-state index contributed by atoms with van der Waals surface area (Å²) < 4.78 is 29.6. The molecular formula is C30H39NO12. The minimum absolute atomic E-state index is 0.0532. The Bertz CT molecular complexity index is 1390. The maximum atomic E-state index is 13.1. The summed E-state index contributed by atoms with van der Waals surface area (Å²) >= 11 is 0. The monoisotopic (exact) mass is 605 g/mol. The third-order valence-electron chi connectivity index (χ3n) is 9.67. The second-order valence-electron chi connectivity index (χ2n) is 12.0. The van der Waals surface area contributed by atoms with Gasteiger partial charge in [-0.3, -0.25) is 9.59 Å². The van der Waals surface area contributed by atoms with Crippen LogP contribution >= 0.6 is 0 Å². The first-order valence-corrected chi connectivity index (χ1v) is 14.9. The molecule has 236 valence electrons. The van der Waals surface area contributed by atoms with E-state index in [9.17, 15) is 35.1 Å². The Morgan fingerprint density at radius 1 is 1.19 bits per heavy atom. The molecule has 2 aliphatic carbocycles. The van der Waals surface area contributed by atoms with Crippen LogP contribution in [0.5, 0.6) is 11.5 Å². The lowest BCUT2D eigenvalue weighted by Gasteiger charge is -2.48.